The molecule has 0 bridgehead atoms. The zero-order valence-electron chi connectivity index (χ0n) is 10.2. The Balaban J connectivity index is 2.43. The van der Waals surface area contributed by atoms with Crippen LogP contribution in [0.1, 0.15) is 24.5 Å². The average molecular weight is 220 g/mol. The van der Waals surface area contributed by atoms with Crippen molar-refractivity contribution in [2.75, 3.05) is 0 Å². The Morgan fingerprint density at radius 2 is 1.47 bits per heavy atom. The molecule has 0 saturated heterocycles. The SMILES string of the molecule is C=C1c2cccc3cccc(c23)C(=C)C1CC. The molecule has 84 valence electrons. The van der Waals surface area contributed by atoms with E-state index in [0.717, 1.165) is 6.42 Å². The van der Waals surface area contributed by atoms with Gasteiger partial charge in [-0.15, -0.1) is 0 Å². The van der Waals surface area contributed by atoms with E-state index in [-0.39, 0.29) is 0 Å². The fourth-order valence-electron chi connectivity index (χ4n) is 2.95. The second kappa shape index (κ2) is 3.59. The van der Waals surface area contributed by atoms with Gasteiger partial charge in [-0.2, -0.15) is 0 Å². The van der Waals surface area contributed by atoms with E-state index in [1.807, 2.05) is 0 Å². The maximum Gasteiger partial charge on any atom is 0.00873 e. The van der Waals surface area contributed by atoms with Crippen LogP contribution in [0, 0.1) is 5.92 Å². The molecule has 1 aliphatic rings. The Bertz CT molecular complexity index is 581. The van der Waals surface area contributed by atoms with E-state index < -0.39 is 0 Å². The molecule has 0 aromatic heterocycles. The number of rotatable bonds is 1. The van der Waals surface area contributed by atoms with Crippen LogP contribution in [0.2, 0.25) is 0 Å². The third kappa shape index (κ3) is 1.30. The summed E-state index contributed by atoms with van der Waals surface area (Å²) >= 11 is 0. The zero-order valence-corrected chi connectivity index (χ0v) is 10.2. The number of benzene rings is 2. The van der Waals surface area contributed by atoms with Crippen LogP contribution in [-0.4, -0.2) is 0 Å². The van der Waals surface area contributed by atoms with Crippen molar-refractivity contribution in [3.63, 3.8) is 0 Å². The maximum atomic E-state index is 4.28. The van der Waals surface area contributed by atoms with Crippen LogP contribution in [0.5, 0.6) is 0 Å². The first-order valence-electron chi connectivity index (χ1n) is 6.14. The quantitative estimate of drug-likeness (QED) is 0.640. The molecule has 3 rings (SSSR count). The third-order valence-electron chi connectivity index (χ3n) is 3.85. The molecule has 2 aromatic carbocycles. The largest absolute Gasteiger partial charge is 0.0946 e. The smallest absolute Gasteiger partial charge is 0.00873 e. The number of hydrogen-bond acceptors (Lipinski definition) is 0. The number of hydrogen-bond donors (Lipinski definition) is 0. The van der Waals surface area contributed by atoms with Gasteiger partial charge in [0.2, 0.25) is 0 Å². The van der Waals surface area contributed by atoms with E-state index in [0.29, 0.717) is 5.92 Å². The van der Waals surface area contributed by atoms with Crippen LogP contribution in [0.3, 0.4) is 0 Å². The fraction of sp³-hybridized carbons (Fsp3) is 0.176. The Morgan fingerprint density at radius 1 is 0.941 bits per heavy atom. The standard InChI is InChI=1S/C17H16/c1-4-14-11(2)15-9-5-7-13-8-6-10-16(12(14)3)17(13)15/h5-10,14H,2-4H2,1H3. The van der Waals surface area contributed by atoms with Gasteiger partial charge in [-0.3, -0.25) is 0 Å². The summed E-state index contributed by atoms with van der Waals surface area (Å²) in [5, 5.41) is 2.62. The lowest BCUT2D eigenvalue weighted by atomic mass is 9.75. The van der Waals surface area contributed by atoms with Crippen molar-refractivity contribution >= 4 is 21.9 Å². The summed E-state index contributed by atoms with van der Waals surface area (Å²) in [4.78, 5) is 0. The summed E-state index contributed by atoms with van der Waals surface area (Å²) in [6, 6.07) is 12.9. The molecule has 0 aliphatic heterocycles. The first-order valence-corrected chi connectivity index (χ1v) is 6.14. The molecular formula is C17H16. The summed E-state index contributed by atoms with van der Waals surface area (Å²) in [5.41, 5.74) is 5.05. The van der Waals surface area contributed by atoms with Crippen LogP contribution in [0.25, 0.3) is 21.9 Å². The molecule has 2 aromatic rings. The Hall–Kier alpha value is -1.82. The molecule has 0 amide bonds. The monoisotopic (exact) mass is 220 g/mol. The lowest BCUT2D eigenvalue weighted by Gasteiger charge is -2.29. The molecule has 17 heavy (non-hydrogen) atoms. The molecule has 0 saturated carbocycles. The lowest BCUT2D eigenvalue weighted by Crippen LogP contribution is -2.10. The van der Waals surface area contributed by atoms with Gasteiger partial charge in [-0.1, -0.05) is 56.5 Å². The van der Waals surface area contributed by atoms with E-state index in [1.165, 1.54) is 33.0 Å². The van der Waals surface area contributed by atoms with Crippen molar-refractivity contribution in [1.82, 2.24) is 0 Å². The van der Waals surface area contributed by atoms with Gasteiger partial charge in [0.05, 0.1) is 0 Å². The Morgan fingerprint density at radius 3 is 1.94 bits per heavy atom. The van der Waals surface area contributed by atoms with E-state index in [2.05, 4.69) is 56.5 Å². The molecule has 0 atom stereocenters. The predicted molar refractivity (Wildman–Crippen MR) is 75.8 cm³/mol. The van der Waals surface area contributed by atoms with Gasteiger partial charge in [-0.05, 0) is 39.5 Å². The van der Waals surface area contributed by atoms with Crippen molar-refractivity contribution in [1.29, 1.82) is 0 Å². The first kappa shape index (κ1) is 10.3. The molecule has 0 N–H and O–H groups in total. The highest BCUT2D eigenvalue weighted by Gasteiger charge is 2.25. The van der Waals surface area contributed by atoms with Crippen molar-refractivity contribution in [2.45, 2.75) is 13.3 Å². The molecular weight excluding hydrogens is 204 g/mol. The summed E-state index contributed by atoms with van der Waals surface area (Å²) in [5.74, 6) is 0.399. The minimum absolute atomic E-state index is 0.399. The van der Waals surface area contributed by atoms with E-state index in [4.69, 9.17) is 0 Å². The van der Waals surface area contributed by atoms with Gasteiger partial charge in [0.1, 0.15) is 0 Å². The Kier molecular flexibility index (Phi) is 2.19. The molecule has 0 spiro atoms. The molecule has 0 unspecified atom stereocenters. The zero-order chi connectivity index (χ0) is 12.0. The lowest BCUT2D eigenvalue weighted by molar-refractivity contribution is 0.812. The highest BCUT2D eigenvalue weighted by atomic mass is 14.3. The van der Waals surface area contributed by atoms with Crippen LogP contribution >= 0.6 is 0 Å². The van der Waals surface area contributed by atoms with Gasteiger partial charge in [0, 0.05) is 5.92 Å². The van der Waals surface area contributed by atoms with E-state index in [1.54, 1.807) is 0 Å². The van der Waals surface area contributed by atoms with Crippen molar-refractivity contribution < 1.29 is 0 Å². The van der Waals surface area contributed by atoms with Gasteiger partial charge < -0.3 is 0 Å². The number of allylic oxidation sites excluding steroid dienone is 2. The topological polar surface area (TPSA) is 0 Å². The molecule has 0 heteroatoms. The van der Waals surface area contributed by atoms with Gasteiger partial charge in [0.15, 0.2) is 0 Å². The van der Waals surface area contributed by atoms with Crippen LogP contribution < -0.4 is 0 Å². The molecule has 0 nitrogen and oxygen atoms in total. The molecule has 1 aliphatic carbocycles. The normalized spacial score (nSPS) is 15.6. The maximum absolute atomic E-state index is 4.28. The highest BCUT2D eigenvalue weighted by molar-refractivity contribution is 6.07. The summed E-state index contributed by atoms with van der Waals surface area (Å²) in [7, 11) is 0. The van der Waals surface area contributed by atoms with Crippen LogP contribution in [0.4, 0.5) is 0 Å². The first-order chi connectivity index (χ1) is 8.24. The molecule has 0 fully saturated rings. The molecule has 0 heterocycles. The van der Waals surface area contributed by atoms with Crippen LogP contribution in [0.15, 0.2) is 49.6 Å². The second-order valence-electron chi connectivity index (χ2n) is 4.72. The summed E-state index contributed by atoms with van der Waals surface area (Å²) in [6.07, 6.45) is 1.07. The van der Waals surface area contributed by atoms with Gasteiger partial charge in [-0.25, -0.2) is 0 Å². The van der Waals surface area contributed by atoms with Crippen LogP contribution in [-0.2, 0) is 0 Å². The fourth-order valence-corrected chi connectivity index (χ4v) is 2.95. The minimum Gasteiger partial charge on any atom is -0.0946 e. The van der Waals surface area contributed by atoms with Gasteiger partial charge in [0.25, 0.3) is 0 Å². The molecule has 0 radical (unpaired) electrons. The predicted octanol–water partition coefficient (Wildman–Crippen LogP) is 4.91. The van der Waals surface area contributed by atoms with Crippen molar-refractivity contribution in [2.24, 2.45) is 5.92 Å². The minimum atomic E-state index is 0.399. The summed E-state index contributed by atoms with van der Waals surface area (Å²) < 4.78 is 0. The average Bonchev–Trinajstić information content (AvgIpc) is 2.36. The Labute approximate surface area is 102 Å². The summed E-state index contributed by atoms with van der Waals surface area (Å²) in [6.45, 7) is 10.8. The second-order valence-corrected chi connectivity index (χ2v) is 4.72. The highest BCUT2D eigenvalue weighted by Crippen LogP contribution is 2.45. The third-order valence-corrected chi connectivity index (χ3v) is 3.85. The van der Waals surface area contributed by atoms with Gasteiger partial charge >= 0.3 is 0 Å². The van der Waals surface area contributed by atoms with E-state index >= 15 is 0 Å². The van der Waals surface area contributed by atoms with Crippen molar-refractivity contribution in [3.8, 4) is 0 Å². The van der Waals surface area contributed by atoms with E-state index in [9.17, 15) is 0 Å². The van der Waals surface area contributed by atoms with Crippen molar-refractivity contribution in [3.05, 3.63) is 60.7 Å².